The summed E-state index contributed by atoms with van der Waals surface area (Å²) in [7, 11) is -1.21. The SMILES string of the molecule is [C-]#C[Si](C)(C)C.[Cl-].[Cl-].[Li+].[Mg+2]. The third-order valence-electron chi connectivity index (χ3n) is 0.375. The predicted octanol–water partition coefficient (Wildman–Crippen LogP) is -7.92. The van der Waals surface area contributed by atoms with E-state index in [2.05, 4.69) is 25.2 Å². The molecule has 0 nitrogen and oxygen atoms in total. The Balaban J connectivity index is -0.0000000208. The van der Waals surface area contributed by atoms with Crippen molar-refractivity contribution >= 4 is 31.1 Å². The summed E-state index contributed by atoms with van der Waals surface area (Å²) in [6.07, 6.45) is 6.67. The van der Waals surface area contributed by atoms with Crippen LogP contribution in [0.4, 0.5) is 0 Å². The third-order valence-corrected chi connectivity index (χ3v) is 1.12. The van der Waals surface area contributed by atoms with Crippen LogP contribution in [0, 0.1) is 12.0 Å². The van der Waals surface area contributed by atoms with Crippen LogP contribution in [0.1, 0.15) is 0 Å². The number of rotatable bonds is 0. The smallest absolute Gasteiger partial charge is 1.00 e. The van der Waals surface area contributed by atoms with Gasteiger partial charge in [-0.15, -0.1) is 0 Å². The number of halogens is 2. The van der Waals surface area contributed by atoms with E-state index in [4.69, 9.17) is 6.42 Å². The van der Waals surface area contributed by atoms with Gasteiger partial charge in [0, 0.05) is 0 Å². The maximum atomic E-state index is 6.67. The standard InChI is InChI=1S/C5H9Si.2ClH.Li.Mg/c1-5-6(2,3)4;;;;/h2-4H3;2*1H;;/q-1;;;+1;+2/p-2. The van der Waals surface area contributed by atoms with E-state index in [-0.39, 0.29) is 66.7 Å². The summed E-state index contributed by atoms with van der Waals surface area (Å²) in [6, 6.07) is 0. The Kier molecular flexibility index (Phi) is 39.7. The van der Waals surface area contributed by atoms with Gasteiger partial charge in [0.05, 0.1) is 8.07 Å². The molecule has 0 heterocycles. The minimum Gasteiger partial charge on any atom is -1.00 e. The van der Waals surface area contributed by atoms with Crippen LogP contribution >= 0.6 is 0 Å². The van der Waals surface area contributed by atoms with Crippen LogP contribution in [-0.4, -0.2) is 31.1 Å². The van der Waals surface area contributed by atoms with Crippen LogP contribution in [0.5, 0.6) is 0 Å². The molecular formula is C5H9Cl2LiMgSi. The van der Waals surface area contributed by atoms with Gasteiger partial charge in [0.1, 0.15) is 0 Å². The van der Waals surface area contributed by atoms with Crippen molar-refractivity contribution in [1.29, 1.82) is 0 Å². The molecule has 0 amide bonds. The molecule has 0 atom stereocenters. The molecule has 0 aromatic heterocycles. The topological polar surface area (TPSA) is 0 Å². The van der Waals surface area contributed by atoms with E-state index in [0.717, 1.165) is 0 Å². The molecule has 5 heteroatoms. The normalized spacial score (nSPS) is 6.20. The summed E-state index contributed by atoms with van der Waals surface area (Å²) < 4.78 is 0. The zero-order chi connectivity index (χ0) is 5.21. The van der Waals surface area contributed by atoms with Gasteiger partial charge in [0.2, 0.25) is 0 Å². The first kappa shape index (κ1) is 29.8. The van der Waals surface area contributed by atoms with Crippen LogP contribution in [0.3, 0.4) is 0 Å². The summed E-state index contributed by atoms with van der Waals surface area (Å²) in [5.74, 6) is 0. The molecule has 0 aromatic carbocycles. The molecule has 0 unspecified atom stereocenters. The molecule has 50 valence electrons. The fourth-order valence-corrected chi connectivity index (χ4v) is 0. The van der Waals surface area contributed by atoms with Crippen LogP contribution in [-0.2, 0) is 0 Å². The maximum absolute atomic E-state index is 6.67. The average molecular weight is 199 g/mol. The number of hydrogen-bond acceptors (Lipinski definition) is 0. The fraction of sp³-hybridized carbons (Fsp3) is 0.600. The van der Waals surface area contributed by atoms with Crippen molar-refractivity contribution in [1.82, 2.24) is 0 Å². The van der Waals surface area contributed by atoms with Crippen molar-refractivity contribution in [3.05, 3.63) is 6.42 Å². The summed E-state index contributed by atoms with van der Waals surface area (Å²) in [5.41, 5.74) is 2.49. The van der Waals surface area contributed by atoms with Gasteiger partial charge in [-0.2, -0.15) is 0 Å². The molecule has 10 heavy (non-hydrogen) atoms. The van der Waals surface area contributed by atoms with Gasteiger partial charge in [-0.05, 0) is 0 Å². The average Bonchev–Trinajstić information content (AvgIpc) is 1.35. The quantitative estimate of drug-likeness (QED) is 0.207. The first-order chi connectivity index (χ1) is 2.56. The maximum Gasteiger partial charge on any atom is 2.00 e. The molecule has 0 fully saturated rings. The molecular weight excluding hydrogens is 190 g/mol. The molecule has 0 radical (unpaired) electrons. The van der Waals surface area contributed by atoms with Crippen LogP contribution in [0.15, 0.2) is 0 Å². The molecule has 0 saturated heterocycles. The van der Waals surface area contributed by atoms with E-state index in [1.165, 1.54) is 0 Å². The van der Waals surface area contributed by atoms with E-state index >= 15 is 0 Å². The van der Waals surface area contributed by atoms with Crippen molar-refractivity contribution < 1.29 is 43.7 Å². The van der Waals surface area contributed by atoms with Gasteiger partial charge < -0.3 is 36.8 Å². The van der Waals surface area contributed by atoms with Gasteiger partial charge in [0.15, 0.2) is 0 Å². The first-order valence-corrected chi connectivity index (χ1v) is 5.50. The molecule has 0 N–H and O–H groups in total. The molecule has 0 aliphatic heterocycles. The summed E-state index contributed by atoms with van der Waals surface area (Å²) >= 11 is 0. The summed E-state index contributed by atoms with van der Waals surface area (Å²) in [6.45, 7) is 6.25. The second-order valence-corrected chi connectivity index (χ2v) is 7.12. The van der Waals surface area contributed by atoms with E-state index < -0.39 is 8.07 Å². The molecule has 0 bridgehead atoms. The summed E-state index contributed by atoms with van der Waals surface area (Å²) in [4.78, 5) is 0. The van der Waals surface area contributed by atoms with E-state index in [1.807, 2.05) is 0 Å². The number of hydrogen-bond donors (Lipinski definition) is 0. The molecule has 0 aliphatic carbocycles. The van der Waals surface area contributed by atoms with Gasteiger partial charge in [-0.1, -0.05) is 19.6 Å². The Hall–Kier alpha value is 1.72. The van der Waals surface area contributed by atoms with Gasteiger partial charge in [0.25, 0.3) is 0 Å². The minimum atomic E-state index is -1.21. The zero-order valence-corrected chi connectivity index (χ0v) is 10.9. The van der Waals surface area contributed by atoms with Crippen molar-refractivity contribution in [3.8, 4) is 5.54 Å². The van der Waals surface area contributed by atoms with E-state index in [1.54, 1.807) is 0 Å². The second-order valence-electron chi connectivity index (χ2n) is 2.38. The van der Waals surface area contributed by atoms with Crippen molar-refractivity contribution in [3.63, 3.8) is 0 Å². The van der Waals surface area contributed by atoms with Crippen molar-refractivity contribution in [2.24, 2.45) is 0 Å². The fourth-order valence-electron chi connectivity index (χ4n) is 0. The molecule has 0 aliphatic rings. The van der Waals surface area contributed by atoms with Crippen LogP contribution in [0.25, 0.3) is 0 Å². The third kappa shape index (κ3) is 33.2. The molecule has 0 rings (SSSR count). The van der Waals surface area contributed by atoms with E-state index in [0.29, 0.717) is 0 Å². The zero-order valence-electron chi connectivity index (χ0n) is 6.96. The Morgan fingerprint density at radius 3 is 1.20 bits per heavy atom. The van der Waals surface area contributed by atoms with E-state index in [9.17, 15) is 0 Å². The Bertz CT molecular complexity index is 86.6. The van der Waals surface area contributed by atoms with Gasteiger partial charge >= 0.3 is 41.9 Å². The van der Waals surface area contributed by atoms with Gasteiger partial charge in [-0.25, -0.2) is 0 Å². The Morgan fingerprint density at radius 2 is 1.20 bits per heavy atom. The van der Waals surface area contributed by atoms with Gasteiger partial charge in [-0.3, -0.25) is 0 Å². The Labute approximate surface area is 105 Å². The Morgan fingerprint density at radius 1 is 1.10 bits per heavy atom. The summed E-state index contributed by atoms with van der Waals surface area (Å²) in [5, 5.41) is 0. The minimum absolute atomic E-state index is 0. The monoisotopic (exact) mass is 198 g/mol. The molecule has 0 aromatic rings. The second kappa shape index (κ2) is 13.3. The largest absolute Gasteiger partial charge is 2.00 e. The predicted molar refractivity (Wildman–Crippen MR) is 36.2 cm³/mol. The molecule has 0 saturated carbocycles. The van der Waals surface area contributed by atoms with Crippen LogP contribution < -0.4 is 43.7 Å². The van der Waals surface area contributed by atoms with Crippen molar-refractivity contribution in [2.45, 2.75) is 19.6 Å². The first-order valence-electron chi connectivity index (χ1n) is 2.00. The molecule has 0 spiro atoms. The van der Waals surface area contributed by atoms with Crippen molar-refractivity contribution in [2.75, 3.05) is 0 Å². The van der Waals surface area contributed by atoms with Crippen LogP contribution in [0.2, 0.25) is 19.6 Å².